The van der Waals surface area contributed by atoms with Gasteiger partial charge in [-0.25, -0.2) is 0 Å². The second-order valence-corrected chi connectivity index (χ2v) is 7.16. The molecule has 1 saturated carbocycles. The number of benzene rings is 1. The second-order valence-electron chi connectivity index (χ2n) is 6.03. The highest BCUT2D eigenvalue weighted by Gasteiger charge is 2.35. The zero-order chi connectivity index (χ0) is 14.8. The quantitative estimate of drug-likeness (QED) is 0.781. The van der Waals surface area contributed by atoms with Gasteiger partial charge in [-0.3, -0.25) is 4.79 Å². The minimum absolute atomic E-state index is 0.0351. The summed E-state index contributed by atoms with van der Waals surface area (Å²) in [6.45, 7) is 4.27. The molecule has 0 bridgehead atoms. The van der Waals surface area contributed by atoms with Gasteiger partial charge < -0.3 is 5.32 Å². The first kappa shape index (κ1) is 15.8. The van der Waals surface area contributed by atoms with E-state index in [1.165, 1.54) is 0 Å². The predicted octanol–water partition coefficient (Wildman–Crippen LogP) is 4.68. The lowest BCUT2D eigenvalue weighted by atomic mass is 9.78. The Bertz CT molecular complexity index is 495. The molecule has 0 aromatic heterocycles. The normalized spacial score (nSPS) is 26.3. The maximum Gasteiger partial charge on any atom is 0.252 e. The first-order valence-electron chi connectivity index (χ1n) is 7.10. The standard InChI is InChI=1S/C16H21BrClNO/c1-11-5-7-16(10-18,8-6-11)19-15(20)13-4-3-12(2)9-14(13)17/h3-4,9,11H,5-8,10H2,1-2H3,(H,19,20). The Labute approximate surface area is 134 Å². The fourth-order valence-corrected chi connectivity index (χ4v) is 3.73. The summed E-state index contributed by atoms with van der Waals surface area (Å²) < 4.78 is 0.837. The van der Waals surface area contributed by atoms with E-state index in [4.69, 9.17) is 11.6 Å². The van der Waals surface area contributed by atoms with Crippen LogP contribution in [0.15, 0.2) is 22.7 Å². The van der Waals surface area contributed by atoms with Crippen LogP contribution in [0.2, 0.25) is 0 Å². The van der Waals surface area contributed by atoms with Gasteiger partial charge in [0.15, 0.2) is 0 Å². The van der Waals surface area contributed by atoms with Gasteiger partial charge in [0.05, 0.1) is 11.1 Å². The van der Waals surface area contributed by atoms with E-state index >= 15 is 0 Å². The van der Waals surface area contributed by atoms with Gasteiger partial charge in [-0.15, -0.1) is 11.6 Å². The van der Waals surface area contributed by atoms with Crippen molar-refractivity contribution in [2.24, 2.45) is 5.92 Å². The van der Waals surface area contributed by atoms with Crippen molar-refractivity contribution < 1.29 is 4.79 Å². The van der Waals surface area contributed by atoms with Crippen molar-refractivity contribution in [2.75, 3.05) is 5.88 Å². The van der Waals surface area contributed by atoms with E-state index in [9.17, 15) is 4.79 Å². The van der Waals surface area contributed by atoms with Gasteiger partial charge in [-0.2, -0.15) is 0 Å². The predicted molar refractivity (Wildman–Crippen MR) is 87.4 cm³/mol. The van der Waals surface area contributed by atoms with Crippen LogP contribution in [-0.4, -0.2) is 17.3 Å². The molecule has 1 aliphatic carbocycles. The Morgan fingerprint density at radius 2 is 2.10 bits per heavy atom. The fraction of sp³-hybridized carbons (Fsp3) is 0.562. The smallest absolute Gasteiger partial charge is 0.252 e. The molecule has 110 valence electrons. The van der Waals surface area contributed by atoms with Crippen LogP contribution in [0, 0.1) is 12.8 Å². The van der Waals surface area contributed by atoms with E-state index in [1.807, 2.05) is 25.1 Å². The number of hydrogen-bond acceptors (Lipinski definition) is 1. The SMILES string of the molecule is Cc1ccc(C(=O)NC2(CCl)CCC(C)CC2)c(Br)c1. The summed E-state index contributed by atoms with van der Waals surface area (Å²) in [5, 5.41) is 3.18. The van der Waals surface area contributed by atoms with E-state index in [1.54, 1.807) is 0 Å². The summed E-state index contributed by atoms with van der Waals surface area (Å²) >= 11 is 9.62. The zero-order valence-corrected chi connectivity index (χ0v) is 14.4. The van der Waals surface area contributed by atoms with Crippen LogP contribution in [0.5, 0.6) is 0 Å². The summed E-state index contributed by atoms with van der Waals surface area (Å²) in [5.41, 5.74) is 1.57. The molecule has 0 unspecified atom stereocenters. The number of amides is 1. The van der Waals surface area contributed by atoms with Crippen molar-refractivity contribution in [1.29, 1.82) is 0 Å². The minimum atomic E-state index is -0.241. The molecule has 1 N–H and O–H groups in total. The summed E-state index contributed by atoms with van der Waals surface area (Å²) in [6.07, 6.45) is 4.18. The molecule has 1 aromatic carbocycles. The molecule has 4 heteroatoms. The number of aryl methyl sites for hydroxylation is 1. The number of carbonyl (C=O) groups is 1. The summed E-state index contributed by atoms with van der Waals surface area (Å²) in [4.78, 5) is 12.5. The molecule has 1 fully saturated rings. The van der Waals surface area contributed by atoms with Crippen LogP contribution in [0.25, 0.3) is 0 Å². The first-order chi connectivity index (χ1) is 9.46. The van der Waals surface area contributed by atoms with Gasteiger partial charge in [0.25, 0.3) is 5.91 Å². The molecule has 0 spiro atoms. The lowest BCUT2D eigenvalue weighted by Gasteiger charge is -2.38. The van der Waals surface area contributed by atoms with Crippen molar-refractivity contribution in [2.45, 2.75) is 45.1 Å². The lowest BCUT2D eigenvalue weighted by molar-refractivity contribution is 0.0871. The van der Waals surface area contributed by atoms with Crippen LogP contribution in [0.3, 0.4) is 0 Å². The molecule has 0 atom stereocenters. The Morgan fingerprint density at radius 1 is 1.45 bits per heavy atom. The number of halogens is 2. The van der Waals surface area contributed by atoms with Crippen LogP contribution in [0.4, 0.5) is 0 Å². The fourth-order valence-electron chi connectivity index (χ4n) is 2.72. The highest BCUT2D eigenvalue weighted by Crippen LogP contribution is 2.33. The highest BCUT2D eigenvalue weighted by atomic mass is 79.9. The molecule has 0 heterocycles. The second kappa shape index (κ2) is 6.48. The number of hydrogen-bond donors (Lipinski definition) is 1. The molecule has 1 aliphatic rings. The van der Waals surface area contributed by atoms with Crippen molar-refractivity contribution in [3.8, 4) is 0 Å². The summed E-state index contributed by atoms with van der Waals surface area (Å²) in [7, 11) is 0. The van der Waals surface area contributed by atoms with Crippen LogP contribution in [0.1, 0.15) is 48.5 Å². The van der Waals surface area contributed by atoms with E-state index in [0.29, 0.717) is 11.4 Å². The monoisotopic (exact) mass is 357 g/mol. The average molecular weight is 359 g/mol. The van der Waals surface area contributed by atoms with Crippen LogP contribution >= 0.6 is 27.5 Å². The van der Waals surface area contributed by atoms with Gasteiger partial charge in [0.2, 0.25) is 0 Å². The number of alkyl halides is 1. The maximum atomic E-state index is 12.5. The van der Waals surface area contributed by atoms with Crippen molar-refractivity contribution in [1.82, 2.24) is 5.32 Å². The topological polar surface area (TPSA) is 29.1 Å². The van der Waals surface area contributed by atoms with Gasteiger partial charge in [-0.1, -0.05) is 13.0 Å². The third-order valence-electron chi connectivity index (χ3n) is 4.24. The average Bonchev–Trinajstić information content (AvgIpc) is 2.41. The molecule has 1 aromatic rings. The van der Waals surface area contributed by atoms with E-state index in [-0.39, 0.29) is 11.4 Å². The molecule has 0 saturated heterocycles. The van der Waals surface area contributed by atoms with Crippen LogP contribution < -0.4 is 5.32 Å². The summed E-state index contributed by atoms with van der Waals surface area (Å²) in [6, 6.07) is 5.78. The lowest BCUT2D eigenvalue weighted by Crippen LogP contribution is -2.52. The molecular weight excluding hydrogens is 338 g/mol. The maximum absolute atomic E-state index is 12.5. The third-order valence-corrected chi connectivity index (χ3v) is 5.40. The van der Waals surface area contributed by atoms with Crippen LogP contribution in [-0.2, 0) is 0 Å². The van der Waals surface area contributed by atoms with E-state index in [2.05, 4.69) is 28.2 Å². The number of rotatable bonds is 3. The Kier molecular flexibility index (Phi) is 5.14. The minimum Gasteiger partial charge on any atom is -0.345 e. The molecule has 2 rings (SSSR count). The first-order valence-corrected chi connectivity index (χ1v) is 8.43. The number of nitrogens with one attached hydrogen (secondary N) is 1. The van der Waals surface area contributed by atoms with E-state index < -0.39 is 0 Å². The van der Waals surface area contributed by atoms with Gasteiger partial charge in [-0.05, 0) is 72.2 Å². The Hall–Kier alpha value is -0.540. The Morgan fingerprint density at radius 3 is 2.65 bits per heavy atom. The van der Waals surface area contributed by atoms with E-state index in [0.717, 1.165) is 41.6 Å². The molecule has 1 amide bonds. The molecule has 20 heavy (non-hydrogen) atoms. The molecule has 2 nitrogen and oxygen atoms in total. The molecular formula is C16H21BrClNO. The van der Waals surface area contributed by atoms with Gasteiger partial charge >= 0.3 is 0 Å². The van der Waals surface area contributed by atoms with Crippen molar-refractivity contribution in [3.63, 3.8) is 0 Å². The van der Waals surface area contributed by atoms with Crippen molar-refractivity contribution >= 4 is 33.4 Å². The summed E-state index contributed by atoms with van der Waals surface area (Å²) in [5.74, 6) is 1.18. The van der Waals surface area contributed by atoms with Gasteiger partial charge in [0, 0.05) is 10.4 Å². The highest BCUT2D eigenvalue weighted by molar-refractivity contribution is 9.10. The van der Waals surface area contributed by atoms with Gasteiger partial charge in [0.1, 0.15) is 0 Å². The van der Waals surface area contributed by atoms with Crippen molar-refractivity contribution in [3.05, 3.63) is 33.8 Å². The Balaban J connectivity index is 2.13. The molecule has 0 aliphatic heterocycles. The third kappa shape index (κ3) is 3.56. The molecule has 0 radical (unpaired) electrons. The zero-order valence-electron chi connectivity index (χ0n) is 12.0. The number of carbonyl (C=O) groups excluding carboxylic acids is 1. The largest absolute Gasteiger partial charge is 0.345 e.